The van der Waals surface area contributed by atoms with Crippen molar-refractivity contribution in [2.45, 2.75) is 5.88 Å². The fourth-order valence-electron chi connectivity index (χ4n) is 0.849. The van der Waals surface area contributed by atoms with Crippen LogP contribution >= 0.6 is 11.9 Å². The van der Waals surface area contributed by atoms with E-state index in [9.17, 15) is 0 Å². The summed E-state index contributed by atoms with van der Waals surface area (Å²) in [6.45, 7) is 0. The first-order chi connectivity index (χ1) is 4.47. The molecule has 2 heterocycles. The van der Waals surface area contributed by atoms with Gasteiger partial charge in [0.15, 0.2) is 0 Å². The van der Waals surface area contributed by atoms with Crippen LogP contribution in [-0.4, -0.2) is 10.8 Å². The first-order valence-corrected chi connectivity index (χ1v) is 3.71. The van der Waals surface area contributed by atoms with Crippen molar-refractivity contribution in [2.75, 3.05) is 0 Å². The normalized spacial score (nSPS) is 15.6. The van der Waals surface area contributed by atoms with Crippen LogP contribution in [0, 0.1) is 0 Å². The fourth-order valence-corrected chi connectivity index (χ4v) is 1.46. The molecule has 0 aromatic carbocycles. The Morgan fingerprint density at radius 2 is 2.67 bits per heavy atom. The summed E-state index contributed by atoms with van der Waals surface area (Å²) in [5.41, 5.74) is 1.20. The zero-order valence-corrected chi connectivity index (χ0v) is 5.64. The number of aromatic nitrogens is 1. The average Bonchev–Trinajstić information content (AvgIpc) is 2.33. The van der Waals surface area contributed by atoms with Crippen molar-refractivity contribution in [3.8, 4) is 0 Å². The lowest BCUT2D eigenvalue weighted by atomic mass is 10.5. The van der Waals surface area contributed by atoms with Gasteiger partial charge < -0.3 is 4.57 Å². The molecule has 2 nitrogen and oxygen atoms in total. The molecule has 2 rings (SSSR count). The van der Waals surface area contributed by atoms with E-state index in [1.807, 2.05) is 12.3 Å². The van der Waals surface area contributed by atoms with Crippen LogP contribution in [0.15, 0.2) is 22.7 Å². The van der Waals surface area contributed by atoms with E-state index in [4.69, 9.17) is 0 Å². The second-order valence-corrected chi connectivity index (χ2v) is 2.62. The molecule has 9 heavy (non-hydrogen) atoms. The molecule has 0 fully saturated rings. The second kappa shape index (κ2) is 1.92. The largest absolute Gasteiger partial charge is 0.335 e. The molecular formula is C6H6N2S. The Morgan fingerprint density at radius 1 is 1.67 bits per heavy atom. The van der Waals surface area contributed by atoms with Crippen LogP contribution in [0.25, 0.3) is 0 Å². The monoisotopic (exact) mass is 138 g/mol. The Morgan fingerprint density at radius 3 is 3.56 bits per heavy atom. The van der Waals surface area contributed by atoms with Gasteiger partial charge >= 0.3 is 0 Å². The predicted molar refractivity (Wildman–Crippen MR) is 39.6 cm³/mol. The maximum atomic E-state index is 4.06. The molecule has 0 radical (unpaired) electrons. The second-order valence-electron chi connectivity index (χ2n) is 1.90. The molecule has 0 unspecified atom stereocenters. The lowest BCUT2D eigenvalue weighted by molar-refractivity contribution is 0.889. The van der Waals surface area contributed by atoms with Gasteiger partial charge in [-0.15, -0.1) is 0 Å². The van der Waals surface area contributed by atoms with E-state index in [0.29, 0.717) is 0 Å². The fraction of sp³-hybridized carbons (Fsp3) is 0.167. The van der Waals surface area contributed by atoms with Crippen LogP contribution in [0.5, 0.6) is 0 Å². The van der Waals surface area contributed by atoms with Gasteiger partial charge in [-0.1, -0.05) is 0 Å². The van der Waals surface area contributed by atoms with E-state index >= 15 is 0 Å². The summed E-state index contributed by atoms with van der Waals surface area (Å²) < 4.78 is 6.23. The van der Waals surface area contributed by atoms with Gasteiger partial charge in [-0.25, -0.2) is 4.40 Å². The molecule has 0 aliphatic carbocycles. The van der Waals surface area contributed by atoms with Crippen molar-refractivity contribution >= 4 is 18.2 Å². The third kappa shape index (κ3) is 0.772. The maximum Gasteiger partial charge on any atom is 0.0900 e. The van der Waals surface area contributed by atoms with Crippen LogP contribution in [-0.2, 0) is 5.88 Å². The van der Waals surface area contributed by atoms with E-state index in [1.165, 1.54) is 5.69 Å². The molecule has 0 saturated carbocycles. The summed E-state index contributed by atoms with van der Waals surface area (Å²) in [7, 11) is 0. The SMILES string of the molecule is C1=NSCn2cccc21. The minimum atomic E-state index is 0.957. The Labute approximate surface area is 57.7 Å². The van der Waals surface area contributed by atoms with Gasteiger partial charge in [0.2, 0.25) is 0 Å². The first-order valence-electron chi connectivity index (χ1n) is 2.77. The zero-order valence-electron chi connectivity index (χ0n) is 4.82. The molecule has 1 aliphatic heterocycles. The number of rotatable bonds is 0. The summed E-state index contributed by atoms with van der Waals surface area (Å²) in [4.78, 5) is 0. The molecule has 1 aromatic heterocycles. The van der Waals surface area contributed by atoms with Gasteiger partial charge in [-0.3, -0.25) is 0 Å². The molecule has 3 heteroatoms. The molecule has 0 atom stereocenters. The van der Waals surface area contributed by atoms with Crippen LogP contribution < -0.4 is 0 Å². The van der Waals surface area contributed by atoms with Crippen molar-refractivity contribution < 1.29 is 0 Å². The van der Waals surface area contributed by atoms with Gasteiger partial charge in [0, 0.05) is 6.20 Å². The topological polar surface area (TPSA) is 17.3 Å². The van der Waals surface area contributed by atoms with Gasteiger partial charge in [-0.05, 0) is 24.1 Å². The van der Waals surface area contributed by atoms with Crippen molar-refractivity contribution in [3.63, 3.8) is 0 Å². The molecule has 0 spiro atoms. The molecule has 1 aliphatic rings. The smallest absolute Gasteiger partial charge is 0.0900 e. The van der Waals surface area contributed by atoms with Gasteiger partial charge in [-0.2, -0.15) is 0 Å². The predicted octanol–water partition coefficient (Wildman–Crippen LogP) is 1.53. The van der Waals surface area contributed by atoms with E-state index in [0.717, 1.165) is 5.88 Å². The summed E-state index contributed by atoms with van der Waals surface area (Å²) in [5.74, 6) is 0.957. The molecule has 46 valence electrons. The Kier molecular flexibility index (Phi) is 1.09. The van der Waals surface area contributed by atoms with E-state index in [2.05, 4.69) is 21.2 Å². The molecule has 0 saturated heterocycles. The molecular weight excluding hydrogens is 132 g/mol. The van der Waals surface area contributed by atoms with Crippen molar-refractivity contribution in [2.24, 2.45) is 4.40 Å². The van der Waals surface area contributed by atoms with Crippen LogP contribution in [0.1, 0.15) is 5.69 Å². The van der Waals surface area contributed by atoms with Gasteiger partial charge in [0.05, 0.1) is 17.8 Å². The van der Waals surface area contributed by atoms with E-state index in [1.54, 1.807) is 11.9 Å². The van der Waals surface area contributed by atoms with Gasteiger partial charge in [0.1, 0.15) is 0 Å². The summed E-state index contributed by atoms with van der Waals surface area (Å²) in [5, 5.41) is 0. The standard InChI is InChI=1S/C6H6N2S/c1-2-6-4-7-9-5-8(6)3-1/h1-4H,5H2. The third-order valence-electron chi connectivity index (χ3n) is 1.32. The van der Waals surface area contributed by atoms with E-state index < -0.39 is 0 Å². The highest BCUT2D eigenvalue weighted by atomic mass is 32.2. The van der Waals surface area contributed by atoms with Crippen molar-refractivity contribution in [1.82, 2.24) is 4.57 Å². The van der Waals surface area contributed by atoms with Crippen LogP contribution in [0.2, 0.25) is 0 Å². The molecule has 1 aromatic rings. The van der Waals surface area contributed by atoms with E-state index in [-0.39, 0.29) is 0 Å². The first kappa shape index (κ1) is 5.11. The highest BCUT2D eigenvalue weighted by molar-refractivity contribution is 7.97. The number of hydrogen-bond donors (Lipinski definition) is 0. The number of nitrogens with zero attached hydrogens (tertiary/aromatic N) is 2. The number of hydrogen-bond acceptors (Lipinski definition) is 2. The minimum Gasteiger partial charge on any atom is -0.335 e. The van der Waals surface area contributed by atoms with Crippen molar-refractivity contribution in [1.29, 1.82) is 0 Å². The van der Waals surface area contributed by atoms with Crippen LogP contribution in [0.4, 0.5) is 0 Å². The average molecular weight is 138 g/mol. The number of fused-ring (bicyclic) bond motifs is 1. The third-order valence-corrected chi connectivity index (χ3v) is 1.97. The van der Waals surface area contributed by atoms with Gasteiger partial charge in [0.25, 0.3) is 0 Å². The maximum absolute atomic E-state index is 4.06. The molecule has 0 amide bonds. The highest BCUT2D eigenvalue weighted by Crippen LogP contribution is 2.14. The van der Waals surface area contributed by atoms with Crippen LogP contribution in [0.3, 0.4) is 0 Å². The summed E-state index contributed by atoms with van der Waals surface area (Å²) in [6, 6.07) is 4.09. The summed E-state index contributed by atoms with van der Waals surface area (Å²) in [6.07, 6.45) is 3.95. The Bertz CT molecular complexity index is 239. The lowest BCUT2D eigenvalue weighted by Gasteiger charge is -2.06. The molecule has 0 N–H and O–H groups in total. The Hall–Kier alpha value is -0.700. The molecule has 0 bridgehead atoms. The summed E-state index contributed by atoms with van der Waals surface area (Å²) >= 11 is 1.57. The quantitative estimate of drug-likeness (QED) is 0.497. The highest BCUT2D eigenvalue weighted by Gasteiger charge is 2.00. The zero-order chi connectivity index (χ0) is 6.10. The van der Waals surface area contributed by atoms with Crippen molar-refractivity contribution in [3.05, 3.63) is 24.0 Å². The minimum absolute atomic E-state index is 0.957. The Balaban J connectivity index is 2.53. The lowest BCUT2D eigenvalue weighted by Crippen LogP contribution is -2.00.